The summed E-state index contributed by atoms with van der Waals surface area (Å²) in [6, 6.07) is 10.8. The van der Waals surface area contributed by atoms with Gasteiger partial charge in [0.1, 0.15) is 24.2 Å². The first kappa shape index (κ1) is 14.6. The molecule has 0 radical (unpaired) electrons. The third kappa shape index (κ3) is 2.78. The zero-order chi connectivity index (χ0) is 16.5. The van der Waals surface area contributed by atoms with E-state index in [1.807, 2.05) is 25.1 Å². The lowest BCUT2D eigenvalue weighted by Crippen LogP contribution is -2.05. The van der Waals surface area contributed by atoms with E-state index in [1.165, 1.54) is 6.26 Å². The van der Waals surface area contributed by atoms with E-state index in [0.29, 0.717) is 11.5 Å². The summed E-state index contributed by atoms with van der Waals surface area (Å²) >= 11 is 0. The number of benzene rings is 1. The number of ether oxygens (including phenoxy) is 2. The number of furan rings is 1. The van der Waals surface area contributed by atoms with Gasteiger partial charge in [0.15, 0.2) is 5.76 Å². The van der Waals surface area contributed by atoms with Gasteiger partial charge < -0.3 is 18.4 Å². The summed E-state index contributed by atoms with van der Waals surface area (Å²) in [6.07, 6.45) is 2.50. The van der Waals surface area contributed by atoms with Gasteiger partial charge in [0.2, 0.25) is 5.76 Å². The van der Waals surface area contributed by atoms with Crippen molar-refractivity contribution in [2.75, 3.05) is 0 Å². The first-order valence-corrected chi connectivity index (χ1v) is 7.65. The molecule has 6 heteroatoms. The third-order valence-electron chi connectivity index (χ3n) is 3.81. The Hall–Kier alpha value is -3.02. The van der Waals surface area contributed by atoms with Gasteiger partial charge in [-0.3, -0.25) is 0 Å². The molecule has 1 aromatic carbocycles. The van der Waals surface area contributed by atoms with E-state index in [0.717, 1.165) is 23.3 Å². The molecule has 3 heterocycles. The number of aromatic nitrogens is 1. The van der Waals surface area contributed by atoms with Crippen LogP contribution < -0.4 is 4.74 Å². The summed E-state index contributed by atoms with van der Waals surface area (Å²) in [5, 5.41) is 3.94. The summed E-state index contributed by atoms with van der Waals surface area (Å²) in [4.78, 5) is 11.7. The Morgan fingerprint density at radius 3 is 3.08 bits per heavy atom. The lowest BCUT2D eigenvalue weighted by molar-refractivity contribution is 0.0428. The minimum Gasteiger partial charge on any atom is -0.490 e. The van der Waals surface area contributed by atoms with Crippen LogP contribution in [0, 0.1) is 0 Å². The molecule has 0 N–H and O–H groups in total. The van der Waals surface area contributed by atoms with Crippen LogP contribution in [0.1, 0.15) is 28.7 Å². The van der Waals surface area contributed by atoms with Crippen molar-refractivity contribution >= 4 is 5.97 Å². The predicted octanol–water partition coefficient (Wildman–Crippen LogP) is 3.62. The molecule has 6 nitrogen and oxygen atoms in total. The minimum atomic E-state index is -0.534. The molecule has 24 heavy (non-hydrogen) atoms. The fourth-order valence-electron chi connectivity index (χ4n) is 2.70. The summed E-state index contributed by atoms with van der Waals surface area (Å²) < 4.78 is 21.2. The molecule has 0 bridgehead atoms. The van der Waals surface area contributed by atoms with Crippen LogP contribution in [-0.4, -0.2) is 17.2 Å². The number of fused-ring (bicyclic) bond motifs is 1. The van der Waals surface area contributed by atoms with Crippen molar-refractivity contribution in [3.63, 3.8) is 0 Å². The number of hydrogen-bond acceptors (Lipinski definition) is 6. The van der Waals surface area contributed by atoms with Gasteiger partial charge in [-0.1, -0.05) is 5.16 Å². The lowest BCUT2D eigenvalue weighted by atomic mass is 10.1. The van der Waals surface area contributed by atoms with Crippen molar-refractivity contribution in [2.45, 2.75) is 26.1 Å². The topological polar surface area (TPSA) is 74.7 Å². The number of carbonyl (C=O) groups is 1. The zero-order valence-corrected chi connectivity index (χ0v) is 13.0. The van der Waals surface area contributed by atoms with Crippen LogP contribution in [0.25, 0.3) is 11.3 Å². The summed E-state index contributed by atoms with van der Waals surface area (Å²) in [6.45, 7) is 2.06. The summed E-state index contributed by atoms with van der Waals surface area (Å²) in [7, 11) is 0. The van der Waals surface area contributed by atoms with Crippen LogP contribution in [0.15, 0.2) is 51.6 Å². The quantitative estimate of drug-likeness (QED) is 0.682. The fourth-order valence-corrected chi connectivity index (χ4v) is 2.70. The lowest BCUT2D eigenvalue weighted by Gasteiger charge is -2.02. The molecule has 1 aliphatic heterocycles. The van der Waals surface area contributed by atoms with Crippen LogP contribution in [-0.2, 0) is 17.8 Å². The largest absolute Gasteiger partial charge is 0.490 e. The molecule has 0 fully saturated rings. The second-order valence-electron chi connectivity index (χ2n) is 5.69. The Kier molecular flexibility index (Phi) is 3.57. The second-order valence-corrected chi connectivity index (χ2v) is 5.69. The first-order chi connectivity index (χ1) is 11.7. The predicted molar refractivity (Wildman–Crippen MR) is 83.6 cm³/mol. The van der Waals surface area contributed by atoms with Crippen LogP contribution in [0.5, 0.6) is 5.75 Å². The van der Waals surface area contributed by atoms with Crippen molar-refractivity contribution in [1.82, 2.24) is 5.16 Å². The summed E-state index contributed by atoms with van der Waals surface area (Å²) in [5.74, 6) is 1.17. The van der Waals surface area contributed by atoms with E-state index in [-0.39, 0.29) is 18.5 Å². The maximum Gasteiger partial charge on any atom is 0.374 e. The van der Waals surface area contributed by atoms with Gasteiger partial charge in [-0.15, -0.1) is 0 Å². The van der Waals surface area contributed by atoms with Gasteiger partial charge in [0.25, 0.3) is 0 Å². The molecule has 0 spiro atoms. The van der Waals surface area contributed by atoms with E-state index < -0.39 is 5.97 Å². The van der Waals surface area contributed by atoms with Gasteiger partial charge in [-0.25, -0.2) is 4.79 Å². The van der Waals surface area contributed by atoms with E-state index in [1.54, 1.807) is 18.2 Å². The molecule has 0 saturated heterocycles. The van der Waals surface area contributed by atoms with Crippen molar-refractivity contribution < 1.29 is 23.2 Å². The molecule has 2 aromatic heterocycles. The summed E-state index contributed by atoms with van der Waals surface area (Å²) in [5.41, 5.74) is 2.61. The second kappa shape index (κ2) is 5.88. The highest BCUT2D eigenvalue weighted by Gasteiger charge is 2.20. The Labute approximate surface area is 138 Å². The van der Waals surface area contributed by atoms with Crippen molar-refractivity contribution in [3.8, 4) is 17.1 Å². The Morgan fingerprint density at radius 1 is 1.33 bits per heavy atom. The molecule has 3 aromatic rings. The maximum absolute atomic E-state index is 11.7. The normalized spacial score (nSPS) is 15.8. The Morgan fingerprint density at radius 2 is 2.25 bits per heavy atom. The highest BCUT2D eigenvalue weighted by Crippen LogP contribution is 2.33. The molecule has 1 unspecified atom stereocenters. The minimum absolute atomic E-state index is 0.0219. The van der Waals surface area contributed by atoms with E-state index in [4.69, 9.17) is 18.4 Å². The monoisotopic (exact) mass is 325 g/mol. The molecule has 0 amide bonds. The highest BCUT2D eigenvalue weighted by atomic mass is 16.5. The number of nitrogens with zero attached hydrogens (tertiary/aromatic N) is 1. The van der Waals surface area contributed by atoms with Crippen molar-refractivity contribution in [3.05, 3.63) is 59.7 Å². The van der Waals surface area contributed by atoms with Crippen LogP contribution in [0.4, 0.5) is 0 Å². The van der Waals surface area contributed by atoms with Gasteiger partial charge in [-0.2, -0.15) is 0 Å². The third-order valence-corrected chi connectivity index (χ3v) is 3.81. The van der Waals surface area contributed by atoms with E-state index >= 15 is 0 Å². The molecule has 1 aliphatic rings. The fraction of sp³-hybridized carbons (Fsp3) is 0.222. The highest BCUT2D eigenvalue weighted by molar-refractivity contribution is 5.86. The maximum atomic E-state index is 11.7. The molecule has 4 rings (SSSR count). The van der Waals surface area contributed by atoms with Crippen molar-refractivity contribution in [2.24, 2.45) is 0 Å². The smallest absolute Gasteiger partial charge is 0.374 e. The molecule has 0 aliphatic carbocycles. The van der Waals surface area contributed by atoms with Gasteiger partial charge in [0.05, 0.1) is 6.26 Å². The number of esters is 1. The first-order valence-electron chi connectivity index (χ1n) is 7.65. The van der Waals surface area contributed by atoms with E-state index in [9.17, 15) is 4.79 Å². The van der Waals surface area contributed by atoms with Crippen molar-refractivity contribution in [1.29, 1.82) is 0 Å². The van der Waals surface area contributed by atoms with Gasteiger partial charge in [0, 0.05) is 18.1 Å². The van der Waals surface area contributed by atoms with E-state index in [2.05, 4.69) is 5.16 Å². The zero-order valence-electron chi connectivity index (χ0n) is 13.0. The SMILES string of the molecule is CC1Cc2cc(-c3cc(COC(=O)c4ccco4)no3)ccc2O1. The molecule has 0 saturated carbocycles. The standard InChI is InChI=1S/C18H15NO5/c1-11-7-13-8-12(4-5-15(13)23-11)17-9-14(19-24-17)10-22-18(20)16-3-2-6-21-16/h2-6,8-9,11H,7,10H2,1H3. The molecular formula is C18H15NO5. The number of carbonyl (C=O) groups excluding carboxylic acids is 1. The Balaban J connectivity index is 1.45. The average Bonchev–Trinajstić information content (AvgIpc) is 3.31. The molecular weight excluding hydrogens is 310 g/mol. The average molecular weight is 325 g/mol. The van der Waals surface area contributed by atoms with Crippen LogP contribution >= 0.6 is 0 Å². The number of hydrogen-bond donors (Lipinski definition) is 0. The van der Waals surface area contributed by atoms with Crippen LogP contribution in [0.3, 0.4) is 0 Å². The van der Waals surface area contributed by atoms with Crippen LogP contribution in [0.2, 0.25) is 0 Å². The van der Waals surface area contributed by atoms with Gasteiger partial charge >= 0.3 is 5.97 Å². The Bertz CT molecular complexity index is 865. The van der Waals surface area contributed by atoms with Gasteiger partial charge in [-0.05, 0) is 42.8 Å². The molecule has 122 valence electrons. The molecule has 1 atom stereocenters. The number of rotatable bonds is 4.